The number of aryl methyl sites for hydroxylation is 1. The van der Waals surface area contributed by atoms with E-state index in [0.29, 0.717) is 22.9 Å². The van der Waals surface area contributed by atoms with Gasteiger partial charge in [-0.3, -0.25) is 9.48 Å². The SMILES string of the molecule is Cc1oc(-c2ccccc2)nc1-c1c(C)n(C)n(-c2ccccc2)c1=O. The molecule has 26 heavy (non-hydrogen) atoms. The van der Waals surface area contributed by atoms with Crippen LogP contribution in [0.15, 0.2) is 69.9 Å². The highest BCUT2D eigenvalue weighted by Crippen LogP contribution is 2.29. The smallest absolute Gasteiger partial charge is 0.281 e. The van der Waals surface area contributed by atoms with Gasteiger partial charge in [-0.15, -0.1) is 0 Å². The predicted molar refractivity (Wildman–Crippen MR) is 101 cm³/mol. The van der Waals surface area contributed by atoms with Gasteiger partial charge in [0.2, 0.25) is 5.89 Å². The molecule has 130 valence electrons. The lowest BCUT2D eigenvalue weighted by Crippen LogP contribution is -2.20. The van der Waals surface area contributed by atoms with Crippen molar-refractivity contribution in [2.24, 2.45) is 7.05 Å². The average molecular weight is 345 g/mol. The number of hydrogen-bond donors (Lipinski definition) is 0. The van der Waals surface area contributed by atoms with Crippen molar-refractivity contribution in [2.45, 2.75) is 13.8 Å². The number of para-hydroxylation sites is 1. The summed E-state index contributed by atoms with van der Waals surface area (Å²) in [4.78, 5) is 17.8. The summed E-state index contributed by atoms with van der Waals surface area (Å²) in [5.41, 5.74) is 3.61. The predicted octanol–water partition coefficient (Wildman–Crippen LogP) is 4.11. The summed E-state index contributed by atoms with van der Waals surface area (Å²) in [7, 11) is 1.88. The molecule has 0 saturated heterocycles. The average Bonchev–Trinajstić information content (AvgIpc) is 3.14. The Bertz CT molecular complexity index is 1120. The van der Waals surface area contributed by atoms with E-state index < -0.39 is 0 Å². The quantitative estimate of drug-likeness (QED) is 0.561. The maximum absolute atomic E-state index is 13.2. The number of hydrogen-bond acceptors (Lipinski definition) is 3. The number of benzene rings is 2. The first-order chi connectivity index (χ1) is 12.6. The molecule has 2 heterocycles. The Morgan fingerprint density at radius 2 is 1.54 bits per heavy atom. The first kappa shape index (κ1) is 16.1. The second kappa shape index (κ2) is 6.19. The van der Waals surface area contributed by atoms with Gasteiger partial charge in [-0.05, 0) is 38.1 Å². The largest absolute Gasteiger partial charge is 0.441 e. The maximum Gasteiger partial charge on any atom is 0.281 e. The third-order valence-electron chi connectivity index (χ3n) is 4.61. The van der Waals surface area contributed by atoms with E-state index in [0.717, 1.165) is 16.9 Å². The second-order valence-electron chi connectivity index (χ2n) is 6.23. The van der Waals surface area contributed by atoms with Crippen molar-refractivity contribution in [3.8, 4) is 28.4 Å². The standard InChI is InChI=1S/C21H19N3O2/c1-14-18(21(25)24(23(14)3)17-12-8-5-9-13-17)19-15(2)26-20(22-19)16-10-6-4-7-11-16/h4-13H,1-3H3. The zero-order valence-electron chi connectivity index (χ0n) is 14.9. The van der Waals surface area contributed by atoms with Gasteiger partial charge in [-0.2, -0.15) is 0 Å². The summed E-state index contributed by atoms with van der Waals surface area (Å²) in [5, 5.41) is 0. The lowest BCUT2D eigenvalue weighted by molar-refractivity contribution is 0.543. The highest BCUT2D eigenvalue weighted by atomic mass is 16.4. The van der Waals surface area contributed by atoms with E-state index in [4.69, 9.17) is 4.42 Å². The summed E-state index contributed by atoms with van der Waals surface area (Å²) >= 11 is 0. The minimum atomic E-state index is -0.104. The lowest BCUT2D eigenvalue weighted by atomic mass is 10.1. The Morgan fingerprint density at radius 1 is 0.923 bits per heavy atom. The van der Waals surface area contributed by atoms with E-state index in [1.54, 1.807) is 4.68 Å². The summed E-state index contributed by atoms with van der Waals surface area (Å²) < 4.78 is 9.36. The first-order valence-electron chi connectivity index (χ1n) is 8.45. The van der Waals surface area contributed by atoms with E-state index in [9.17, 15) is 4.79 Å². The molecule has 5 nitrogen and oxygen atoms in total. The van der Waals surface area contributed by atoms with E-state index in [1.165, 1.54) is 0 Å². The van der Waals surface area contributed by atoms with E-state index in [2.05, 4.69) is 4.98 Å². The van der Waals surface area contributed by atoms with Crippen LogP contribution in [0.3, 0.4) is 0 Å². The molecular weight excluding hydrogens is 326 g/mol. The van der Waals surface area contributed by atoms with Crippen molar-refractivity contribution >= 4 is 0 Å². The molecule has 5 heteroatoms. The fourth-order valence-electron chi connectivity index (χ4n) is 3.17. The van der Waals surface area contributed by atoms with E-state index in [-0.39, 0.29) is 5.56 Å². The molecule has 0 amide bonds. The minimum absolute atomic E-state index is 0.104. The summed E-state index contributed by atoms with van der Waals surface area (Å²) in [6.07, 6.45) is 0. The van der Waals surface area contributed by atoms with Crippen molar-refractivity contribution in [1.29, 1.82) is 0 Å². The second-order valence-corrected chi connectivity index (χ2v) is 6.23. The molecule has 0 spiro atoms. The number of nitrogens with zero attached hydrogens (tertiary/aromatic N) is 3. The third-order valence-corrected chi connectivity index (χ3v) is 4.61. The molecule has 2 aromatic carbocycles. The molecular formula is C21H19N3O2. The maximum atomic E-state index is 13.2. The molecule has 0 fully saturated rings. The fourth-order valence-corrected chi connectivity index (χ4v) is 3.17. The highest BCUT2D eigenvalue weighted by molar-refractivity contribution is 5.67. The first-order valence-corrected chi connectivity index (χ1v) is 8.45. The van der Waals surface area contributed by atoms with Crippen molar-refractivity contribution in [3.63, 3.8) is 0 Å². The Kier molecular flexibility index (Phi) is 3.84. The number of oxazole rings is 1. The molecule has 0 unspecified atom stereocenters. The van der Waals surface area contributed by atoms with Crippen LogP contribution in [0.5, 0.6) is 0 Å². The van der Waals surface area contributed by atoms with Crippen LogP contribution in [0, 0.1) is 13.8 Å². The summed E-state index contributed by atoms with van der Waals surface area (Å²) in [5.74, 6) is 1.15. The van der Waals surface area contributed by atoms with Crippen LogP contribution in [0.4, 0.5) is 0 Å². The Balaban J connectivity index is 1.91. The van der Waals surface area contributed by atoms with Gasteiger partial charge >= 0.3 is 0 Å². The van der Waals surface area contributed by atoms with Crippen LogP contribution in [0.2, 0.25) is 0 Å². The molecule has 4 aromatic rings. The van der Waals surface area contributed by atoms with Gasteiger partial charge < -0.3 is 4.42 Å². The Hall–Kier alpha value is -3.34. The topological polar surface area (TPSA) is 53.0 Å². The van der Waals surface area contributed by atoms with Gasteiger partial charge in [0.05, 0.1) is 11.3 Å². The van der Waals surface area contributed by atoms with Gasteiger partial charge in [-0.25, -0.2) is 9.67 Å². The Morgan fingerprint density at radius 3 is 2.19 bits per heavy atom. The Labute approximate surface area is 151 Å². The molecule has 2 aromatic heterocycles. The third kappa shape index (κ3) is 2.49. The number of aromatic nitrogens is 3. The number of rotatable bonds is 3. The van der Waals surface area contributed by atoms with Crippen LogP contribution in [0.1, 0.15) is 11.5 Å². The van der Waals surface area contributed by atoms with Crippen molar-refractivity contribution in [1.82, 2.24) is 14.3 Å². The summed E-state index contributed by atoms with van der Waals surface area (Å²) in [6.45, 7) is 3.76. The molecule has 0 saturated carbocycles. The van der Waals surface area contributed by atoms with Gasteiger partial charge in [-0.1, -0.05) is 36.4 Å². The van der Waals surface area contributed by atoms with Crippen LogP contribution in [-0.2, 0) is 7.05 Å². The molecule has 0 aliphatic heterocycles. The van der Waals surface area contributed by atoms with Crippen molar-refractivity contribution in [2.75, 3.05) is 0 Å². The van der Waals surface area contributed by atoms with Crippen LogP contribution < -0.4 is 5.56 Å². The molecule has 0 radical (unpaired) electrons. The highest BCUT2D eigenvalue weighted by Gasteiger charge is 2.23. The molecule has 0 atom stereocenters. The molecule has 0 aliphatic rings. The van der Waals surface area contributed by atoms with Gasteiger partial charge in [0, 0.05) is 18.3 Å². The van der Waals surface area contributed by atoms with Crippen LogP contribution >= 0.6 is 0 Å². The van der Waals surface area contributed by atoms with Crippen LogP contribution in [0.25, 0.3) is 28.4 Å². The normalized spacial score (nSPS) is 11.0. The van der Waals surface area contributed by atoms with Gasteiger partial charge in [0.1, 0.15) is 11.5 Å². The molecule has 0 aliphatic carbocycles. The van der Waals surface area contributed by atoms with E-state index >= 15 is 0 Å². The lowest BCUT2D eigenvalue weighted by Gasteiger charge is -2.07. The molecule has 4 rings (SSSR count). The van der Waals surface area contributed by atoms with Crippen molar-refractivity contribution in [3.05, 3.63) is 82.5 Å². The zero-order chi connectivity index (χ0) is 18.3. The van der Waals surface area contributed by atoms with Gasteiger partial charge in [0.25, 0.3) is 5.56 Å². The zero-order valence-corrected chi connectivity index (χ0v) is 14.9. The molecule has 0 N–H and O–H groups in total. The van der Waals surface area contributed by atoms with Gasteiger partial charge in [0.15, 0.2) is 0 Å². The summed E-state index contributed by atoms with van der Waals surface area (Å²) in [6, 6.07) is 19.3. The molecule has 0 bridgehead atoms. The fraction of sp³-hybridized carbons (Fsp3) is 0.143. The monoisotopic (exact) mass is 345 g/mol. The van der Waals surface area contributed by atoms with Crippen molar-refractivity contribution < 1.29 is 4.42 Å². The van der Waals surface area contributed by atoms with Crippen LogP contribution in [-0.4, -0.2) is 14.3 Å². The van der Waals surface area contributed by atoms with E-state index in [1.807, 2.05) is 86.2 Å². The minimum Gasteiger partial charge on any atom is -0.441 e.